The summed E-state index contributed by atoms with van der Waals surface area (Å²) in [5.41, 5.74) is 0.360. The summed E-state index contributed by atoms with van der Waals surface area (Å²) >= 11 is 0. The first-order valence-corrected chi connectivity index (χ1v) is 7.79. The van der Waals surface area contributed by atoms with Crippen molar-refractivity contribution in [2.24, 2.45) is 0 Å². The topological polar surface area (TPSA) is 87.3 Å². The van der Waals surface area contributed by atoms with Crippen LogP contribution < -0.4 is 5.43 Å². The zero-order valence-corrected chi connectivity index (χ0v) is 11.7. The molecule has 1 aliphatic heterocycles. The predicted octanol–water partition coefficient (Wildman–Crippen LogP) is -0.0576. The molecule has 0 spiro atoms. The minimum absolute atomic E-state index is 0.0288. The largest absolute Gasteiger partial charge is 0.364 e. The zero-order chi connectivity index (χ0) is 14.2. The van der Waals surface area contributed by atoms with E-state index in [0.29, 0.717) is 12.1 Å². The Morgan fingerprint density at radius 3 is 2.68 bits per heavy atom. The molecule has 1 saturated heterocycles. The highest BCUT2D eigenvalue weighted by molar-refractivity contribution is 7.91. The number of pyridine rings is 1. The fraction of sp³-hybridized carbons (Fsp3) is 0.500. The number of sulfone groups is 1. The third kappa shape index (κ3) is 2.86. The van der Waals surface area contributed by atoms with Crippen LogP contribution in [0, 0.1) is 6.92 Å². The lowest BCUT2D eigenvalue weighted by Gasteiger charge is -2.23. The van der Waals surface area contributed by atoms with E-state index in [0.717, 1.165) is 0 Å². The van der Waals surface area contributed by atoms with Crippen LogP contribution in [-0.2, 0) is 9.84 Å². The second kappa shape index (κ2) is 4.80. The number of hydrogen-bond acceptors (Lipinski definition) is 4. The highest BCUT2D eigenvalue weighted by atomic mass is 32.2. The Balaban J connectivity index is 2.22. The van der Waals surface area contributed by atoms with Gasteiger partial charge in [-0.05, 0) is 13.3 Å². The SMILES string of the molecule is Cc1cc(=O)c(C(=O)N(C)C2CCS(=O)(=O)C2)c[nH]1. The van der Waals surface area contributed by atoms with Crippen molar-refractivity contribution in [3.05, 3.63) is 33.7 Å². The van der Waals surface area contributed by atoms with Gasteiger partial charge in [0.25, 0.3) is 5.91 Å². The lowest BCUT2D eigenvalue weighted by atomic mass is 10.1. The van der Waals surface area contributed by atoms with Gasteiger partial charge in [-0.2, -0.15) is 0 Å². The van der Waals surface area contributed by atoms with Crippen molar-refractivity contribution in [1.29, 1.82) is 0 Å². The molecule has 7 heteroatoms. The Morgan fingerprint density at radius 2 is 2.16 bits per heavy atom. The third-order valence-electron chi connectivity index (χ3n) is 3.36. The van der Waals surface area contributed by atoms with Crippen LogP contribution >= 0.6 is 0 Å². The molecule has 1 amide bonds. The van der Waals surface area contributed by atoms with Crippen molar-refractivity contribution in [2.75, 3.05) is 18.6 Å². The quantitative estimate of drug-likeness (QED) is 0.824. The molecule has 0 saturated carbocycles. The van der Waals surface area contributed by atoms with Crippen LogP contribution in [0.3, 0.4) is 0 Å². The van der Waals surface area contributed by atoms with Crippen molar-refractivity contribution in [3.63, 3.8) is 0 Å². The van der Waals surface area contributed by atoms with Crippen LogP contribution in [0.15, 0.2) is 17.1 Å². The molecule has 19 heavy (non-hydrogen) atoms. The predicted molar refractivity (Wildman–Crippen MR) is 71.0 cm³/mol. The first-order valence-electron chi connectivity index (χ1n) is 5.97. The van der Waals surface area contributed by atoms with E-state index in [1.807, 2.05) is 0 Å². The molecular formula is C12H16N2O4S. The molecule has 1 N–H and O–H groups in total. The molecule has 1 fully saturated rings. The number of nitrogens with zero attached hydrogens (tertiary/aromatic N) is 1. The van der Waals surface area contributed by atoms with Gasteiger partial charge in [-0.3, -0.25) is 9.59 Å². The highest BCUT2D eigenvalue weighted by Crippen LogP contribution is 2.17. The fourth-order valence-electron chi connectivity index (χ4n) is 2.18. The first-order chi connectivity index (χ1) is 8.80. The van der Waals surface area contributed by atoms with Gasteiger partial charge >= 0.3 is 0 Å². The van der Waals surface area contributed by atoms with Gasteiger partial charge in [-0.15, -0.1) is 0 Å². The van der Waals surface area contributed by atoms with Gasteiger partial charge in [0.05, 0.1) is 11.5 Å². The summed E-state index contributed by atoms with van der Waals surface area (Å²) in [5, 5.41) is 0. The number of carbonyl (C=O) groups is 1. The van der Waals surface area contributed by atoms with Crippen LogP contribution in [0.1, 0.15) is 22.5 Å². The summed E-state index contributed by atoms with van der Waals surface area (Å²) in [7, 11) is -1.52. The van der Waals surface area contributed by atoms with Crippen LogP contribution in [-0.4, -0.2) is 48.8 Å². The van der Waals surface area contributed by atoms with Crippen LogP contribution in [0.2, 0.25) is 0 Å². The maximum atomic E-state index is 12.2. The molecule has 1 aromatic heterocycles. The molecule has 6 nitrogen and oxygen atoms in total. The van der Waals surface area contributed by atoms with E-state index < -0.39 is 15.7 Å². The average Bonchev–Trinajstić information content (AvgIpc) is 2.68. The molecular weight excluding hydrogens is 268 g/mol. The number of amides is 1. The van der Waals surface area contributed by atoms with Gasteiger partial charge in [0.2, 0.25) is 0 Å². The highest BCUT2D eigenvalue weighted by Gasteiger charge is 2.33. The van der Waals surface area contributed by atoms with Crippen LogP contribution in [0.25, 0.3) is 0 Å². The van der Waals surface area contributed by atoms with Gasteiger partial charge in [-0.1, -0.05) is 0 Å². The van der Waals surface area contributed by atoms with E-state index in [9.17, 15) is 18.0 Å². The number of aromatic nitrogens is 1. The molecule has 1 aliphatic rings. The minimum atomic E-state index is -3.05. The number of rotatable bonds is 2. The summed E-state index contributed by atoms with van der Waals surface area (Å²) in [5.74, 6) is -0.373. The molecule has 104 valence electrons. The van der Waals surface area contributed by atoms with Crippen LogP contribution in [0.4, 0.5) is 0 Å². The third-order valence-corrected chi connectivity index (χ3v) is 5.11. The van der Waals surface area contributed by atoms with Crippen molar-refractivity contribution >= 4 is 15.7 Å². The lowest BCUT2D eigenvalue weighted by molar-refractivity contribution is 0.0746. The summed E-state index contributed by atoms with van der Waals surface area (Å²) in [4.78, 5) is 28.1. The average molecular weight is 284 g/mol. The zero-order valence-electron chi connectivity index (χ0n) is 10.8. The number of carbonyl (C=O) groups excluding carboxylic acids is 1. The van der Waals surface area contributed by atoms with Gasteiger partial charge in [0.15, 0.2) is 15.3 Å². The molecule has 2 heterocycles. The van der Waals surface area contributed by atoms with E-state index in [4.69, 9.17) is 0 Å². The second-order valence-electron chi connectivity index (χ2n) is 4.87. The molecule has 1 atom stereocenters. The Hall–Kier alpha value is -1.63. The Labute approximate surface area is 111 Å². The van der Waals surface area contributed by atoms with E-state index in [1.54, 1.807) is 6.92 Å². The summed E-state index contributed by atoms with van der Waals surface area (Å²) in [6, 6.07) is 1.00. The standard InChI is InChI=1S/C12H16N2O4S/c1-8-5-11(15)10(6-13-8)12(16)14(2)9-3-4-19(17,18)7-9/h5-6,9H,3-4,7H2,1-2H3,(H,13,15). The smallest absolute Gasteiger partial charge is 0.259 e. The van der Waals surface area contributed by atoms with E-state index >= 15 is 0 Å². The Bertz CT molecular complexity index is 663. The van der Waals surface area contributed by atoms with Crippen molar-refractivity contribution < 1.29 is 13.2 Å². The summed E-state index contributed by atoms with van der Waals surface area (Å²) < 4.78 is 22.8. The summed E-state index contributed by atoms with van der Waals surface area (Å²) in [6.07, 6.45) is 1.80. The van der Waals surface area contributed by atoms with Crippen molar-refractivity contribution in [2.45, 2.75) is 19.4 Å². The van der Waals surface area contributed by atoms with Crippen molar-refractivity contribution in [1.82, 2.24) is 9.88 Å². The molecule has 2 rings (SSSR count). The molecule has 1 unspecified atom stereocenters. The molecule has 0 radical (unpaired) electrons. The van der Waals surface area contributed by atoms with Crippen molar-refractivity contribution in [3.8, 4) is 0 Å². The number of nitrogens with one attached hydrogen (secondary N) is 1. The fourth-order valence-corrected chi connectivity index (χ4v) is 3.95. The molecule has 1 aromatic rings. The minimum Gasteiger partial charge on any atom is -0.364 e. The number of aromatic amines is 1. The first kappa shape index (κ1) is 13.8. The van der Waals surface area contributed by atoms with E-state index in [2.05, 4.69) is 4.98 Å². The van der Waals surface area contributed by atoms with Gasteiger partial charge in [-0.25, -0.2) is 8.42 Å². The normalized spacial score (nSPS) is 21.3. The Morgan fingerprint density at radius 1 is 1.47 bits per heavy atom. The van der Waals surface area contributed by atoms with Crippen LogP contribution in [0.5, 0.6) is 0 Å². The number of hydrogen-bond donors (Lipinski definition) is 1. The van der Waals surface area contributed by atoms with E-state index in [-0.39, 0.29) is 28.5 Å². The number of H-pyrrole nitrogens is 1. The molecule has 0 aliphatic carbocycles. The van der Waals surface area contributed by atoms with E-state index in [1.165, 1.54) is 24.2 Å². The monoisotopic (exact) mass is 284 g/mol. The Kier molecular flexibility index (Phi) is 3.49. The van der Waals surface area contributed by atoms with Gasteiger partial charge < -0.3 is 9.88 Å². The molecule has 0 aromatic carbocycles. The van der Waals surface area contributed by atoms with Gasteiger partial charge in [0, 0.05) is 31.0 Å². The summed E-state index contributed by atoms with van der Waals surface area (Å²) in [6.45, 7) is 1.73. The van der Waals surface area contributed by atoms with Gasteiger partial charge in [0.1, 0.15) is 5.56 Å². The maximum Gasteiger partial charge on any atom is 0.259 e. The maximum absolute atomic E-state index is 12.2. The second-order valence-corrected chi connectivity index (χ2v) is 7.10. The lowest BCUT2D eigenvalue weighted by Crippen LogP contribution is -2.39. The molecule has 0 bridgehead atoms. The number of aryl methyl sites for hydroxylation is 1.